The van der Waals surface area contributed by atoms with Crippen LogP contribution in [0.2, 0.25) is 0 Å². The second kappa shape index (κ2) is 14.6. The lowest BCUT2D eigenvalue weighted by atomic mass is 10.0. The molecule has 3 aliphatic rings. The van der Waals surface area contributed by atoms with Crippen molar-refractivity contribution >= 4 is 29.5 Å². The molecule has 12 nitrogen and oxygen atoms in total. The van der Waals surface area contributed by atoms with Crippen molar-refractivity contribution in [2.75, 3.05) is 19.7 Å². The highest BCUT2D eigenvalue weighted by Crippen LogP contribution is 2.21. The number of amides is 5. The second-order valence-electron chi connectivity index (χ2n) is 11.3. The Kier molecular flexibility index (Phi) is 10.7. The van der Waals surface area contributed by atoms with Gasteiger partial charge in [-0.15, -0.1) is 0 Å². The summed E-state index contributed by atoms with van der Waals surface area (Å²) in [7, 11) is 0. The minimum Gasteiger partial charge on any atom is -0.492 e. The van der Waals surface area contributed by atoms with Gasteiger partial charge in [0, 0.05) is 19.2 Å². The van der Waals surface area contributed by atoms with Crippen LogP contribution in [0.4, 0.5) is 0 Å². The molecule has 0 aliphatic carbocycles. The van der Waals surface area contributed by atoms with Crippen LogP contribution in [0.3, 0.4) is 0 Å². The van der Waals surface area contributed by atoms with Gasteiger partial charge in [0.15, 0.2) is 0 Å². The Hall–Kier alpha value is -4.48. The van der Waals surface area contributed by atoms with Crippen LogP contribution in [-0.4, -0.2) is 83.3 Å². The fraction of sp³-hybridized carbons (Fsp3) is 0.484. The fourth-order valence-electron chi connectivity index (χ4n) is 5.23. The largest absolute Gasteiger partial charge is 0.492 e. The summed E-state index contributed by atoms with van der Waals surface area (Å²) in [5.74, 6) is -1.57. The predicted octanol–water partition coefficient (Wildman–Crippen LogP) is 0.958. The SMILES string of the molecule is CC(C)C[C@@H]1NC(=O)[C@@H](C)NC(=O)[C@@H](NC(=O)c2ccccn2)Cc2ccc(cc2)OCCNC(=O)[C@H]2CCCN2C1=O. The molecule has 1 saturated heterocycles. The van der Waals surface area contributed by atoms with E-state index in [2.05, 4.69) is 26.3 Å². The zero-order valence-corrected chi connectivity index (χ0v) is 24.8. The molecule has 4 heterocycles. The number of ether oxygens (including phenoxy) is 1. The highest BCUT2D eigenvalue weighted by Gasteiger charge is 2.38. The average Bonchev–Trinajstić information content (AvgIpc) is 3.49. The van der Waals surface area contributed by atoms with E-state index in [1.807, 2.05) is 13.8 Å². The van der Waals surface area contributed by atoms with E-state index in [-0.39, 0.29) is 43.0 Å². The highest BCUT2D eigenvalue weighted by atomic mass is 16.5. The van der Waals surface area contributed by atoms with Gasteiger partial charge in [0.1, 0.15) is 42.2 Å². The number of rotatable bonds is 4. The number of fused-ring (bicyclic) bond motifs is 14. The van der Waals surface area contributed by atoms with Crippen LogP contribution in [0, 0.1) is 5.92 Å². The Morgan fingerprint density at radius 1 is 1.05 bits per heavy atom. The van der Waals surface area contributed by atoms with Gasteiger partial charge in [0.05, 0.1) is 6.54 Å². The molecule has 1 aromatic heterocycles. The molecule has 0 saturated carbocycles. The third kappa shape index (κ3) is 8.52. The number of nitrogens with one attached hydrogen (secondary N) is 4. The summed E-state index contributed by atoms with van der Waals surface area (Å²) in [5, 5.41) is 11.1. The number of nitrogens with zero attached hydrogens (tertiary/aromatic N) is 2. The van der Waals surface area contributed by atoms with E-state index in [1.54, 1.807) is 42.5 Å². The maximum absolute atomic E-state index is 13.6. The summed E-state index contributed by atoms with van der Waals surface area (Å²) in [6, 6.07) is 8.42. The van der Waals surface area contributed by atoms with Gasteiger partial charge in [-0.2, -0.15) is 0 Å². The summed E-state index contributed by atoms with van der Waals surface area (Å²) in [6.07, 6.45) is 3.19. The highest BCUT2D eigenvalue weighted by molar-refractivity contribution is 5.98. The average molecular weight is 593 g/mol. The van der Waals surface area contributed by atoms with E-state index in [9.17, 15) is 24.0 Å². The van der Waals surface area contributed by atoms with Crippen molar-refractivity contribution in [3.8, 4) is 5.75 Å². The number of hydrogen-bond acceptors (Lipinski definition) is 7. The van der Waals surface area contributed by atoms with Crippen LogP contribution in [0.15, 0.2) is 48.7 Å². The molecule has 3 aliphatic heterocycles. The summed E-state index contributed by atoms with van der Waals surface area (Å²) >= 11 is 0. The minimum absolute atomic E-state index is 0.0777. The molecule has 1 fully saturated rings. The van der Waals surface area contributed by atoms with Crippen molar-refractivity contribution in [3.05, 3.63) is 59.9 Å². The smallest absolute Gasteiger partial charge is 0.270 e. The van der Waals surface area contributed by atoms with Gasteiger partial charge in [-0.3, -0.25) is 29.0 Å². The maximum atomic E-state index is 13.6. The van der Waals surface area contributed by atoms with Gasteiger partial charge in [-0.1, -0.05) is 32.0 Å². The molecule has 230 valence electrons. The molecule has 2 aromatic rings. The Balaban J connectivity index is 1.59. The summed E-state index contributed by atoms with van der Waals surface area (Å²) in [6.45, 7) is 6.29. The molecule has 1 aromatic carbocycles. The lowest BCUT2D eigenvalue weighted by molar-refractivity contribution is -0.142. The Morgan fingerprint density at radius 3 is 2.51 bits per heavy atom. The minimum atomic E-state index is -1.02. The number of aromatic nitrogens is 1. The molecule has 0 radical (unpaired) electrons. The van der Waals surface area contributed by atoms with E-state index >= 15 is 0 Å². The van der Waals surface area contributed by atoms with E-state index < -0.39 is 41.9 Å². The summed E-state index contributed by atoms with van der Waals surface area (Å²) in [5.41, 5.74) is 0.899. The van der Waals surface area contributed by atoms with E-state index in [0.717, 1.165) is 5.56 Å². The van der Waals surface area contributed by atoms with Crippen LogP contribution in [-0.2, 0) is 25.6 Å². The van der Waals surface area contributed by atoms with Gasteiger partial charge in [-0.25, -0.2) is 0 Å². The molecular formula is C31H40N6O6. The van der Waals surface area contributed by atoms with Crippen molar-refractivity contribution < 1.29 is 28.7 Å². The van der Waals surface area contributed by atoms with E-state index in [1.165, 1.54) is 18.0 Å². The number of hydrogen-bond donors (Lipinski definition) is 4. The zero-order chi connectivity index (χ0) is 30.9. The third-order valence-electron chi connectivity index (χ3n) is 7.46. The molecule has 2 bridgehead atoms. The van der Waals surface area contributed by atoms with Crippen LogP contribution in [0.1, 0.15) is 56.1 Å². The van der Waals surface area contributed by atoms with Crippen LogP contribution < -0.4 is 26.0 Å². The molecule has 0 spiro atoms. The van der Waals surface area contributed by atoms with Gasteiger partial charge < -0.3 is 30.9 Å². The summed E-state index contributed by atoms with van der Waals surface area (Å²) in [4.78, 5) is 71.9. The van der Waals surface area contributed by atoms with Gasteiger partial charge in [0.2, 0.25) is 23.6 Å². The second-order valence-corrected chi connectivity index (χ2v) is 11.3. The molecule has 5 amide bonds. The van der Waals surface area contributed by atoms with Crippen molar-refractivity contribution in [2.45, 2.75) is 70.6 Å². The lowest BCUT2D eigenvalue weighted by Gasteiger charge is -2.30. The standard InChI is InChI=1S/C31H40N6O6/c1-19(2)17-25-31(42)37-15-6-8-26(37)30(41)33-14-16-43-22-11-9-21(10-12-22)18-24(29(40)34-20(3)27(38)36-25)35-28(39)23-7-4-5-13-32-23/h4-5,7,9-13,19-20,24-26H,6,8,14-18H2,1-3H3,(H,33,41)(H,34,40)(H,35,39)(H,36,38)/t20-,24+,25+,26-/m1/s1. The molecular weight excluding hydrogens is 552 g/mol. The van der Waals surface area contributed by atoms with Gasteiger partial charge in [-0.05, 0) is 61.9 Å². The topological polar surface area (TPSA) is 159 Å². The first kappa shape index (κ1) is 31.5. The van der Waals surface area contributed by atoms with Crippen LogP contribution in [0.25, 0.3) is 0 Å². The number of benzene rings is 1. The van der Waals surface area contributed by atoms with E-state index in [0.29, 0.717) is 31.6 Å². The molecule has 43 heavy (non-hydrogen) atoms. The van der Waals surface area contributed by atoms with Crippen LogP contribution in [0.5, 0.6) is 5.75 Å². The van der Waals surface area contributed by atoms with Crippen molar-refractivity contribution in [1.29, 1.82) is 0 Å². The van der Waals surface area contributed by atoms with Gasteiger partial charge >= 0.3 is 0 Å². The van der Waals surface area contributed by atoms with E-state index in [4.69, 9.17) is 4.74 Å². The summed E-state index contributed by atoms with van der Waals surface area (Å²) < 4.78 is 5.78. The lowest BCUT2D eigenvalue weighted by Crippen LogP contribution is -2.58. The Bertz CT molecular complexity index is 1300. The zero-order valence-electron chi connectivity index (χ0n) is 24.8. The molecule has 4 atom stereocenters. The quantitative estimate of drug-likeness (QED) is 0.412. The first-order chi connectivity index (χ1) is 20.6. The third-order valence-corrected chi connectivity index (χ3v) is 7.46. The van der Waals surface area contributed by atoms with Crippen molar-refractivity contribution in [2.24, 2.45) is 5.92 Å². The first-order valence-corrected chi connectivity index (χ1v) is 14.7. The molecule has 12 heteroatoms. The van der Waals surface area contributed by atoms with Crippen molar-refractivity contribution in [3.63, 3.8) is 0 Å². The fourth-order valence-corrected chi connectivity index (χ4v) is 5.23. The number of pyridine rings is 1. The normalized spacial score (nSPS) is 24.0. The monoisotopic (exact) mass is 592 g/mol. The molecule has 0 unspecified atom stereocenters. The Labute approximate surface area is 251 Å². The number of carbonyl (C=O) groups is 5. The van der Waals surface area contributed by atoms with Crippen LogP contribution >= 0.6 is 0 Å². The molecule has 5 rings (SSSR count). The van der Waals surface area contributed by atoms with Crippen molar-refractivity contribution in [1.82, 2.24) is 31.2 Å². The maximum Gasteiger partial charge on any atom is 0.270 e. The predicted molar refractivity (Wildman–Crippen MR) is 158 cm³/mol. The first-order valence-electron chi connectivity index (χ1n) is 14.7. The molecule has 4 N–H and O–H groups in total. The Morgan fingerprint density at radius 2 is 1.81 bits per heavy atom. The van der Waals surface area contributed by atoms with Gasteiger partial charge in [0.25, 0.3) is 5.91 Å². The number of carbonyl (C=O) groups excluding carboxylic acids is 5.